The van der Waals surface area contributed by atoms with Crippen LogP contribution in [0.25, 0.3) is 0 Å². The van der Waals surface area contributed by atoms with Crippen LogP contribution in [0.4, 0.5) is 15.3 Å². The van der Waals surface area contributed by atoms with Crippen molar-refractivity contribution in [2.75, 3.05) is 25.0 Å². The Morgan fingerprint density at radius 3 is 2.48 bits per heavy atom. The number of aryl methyl sites for hydroxylation is 2. The van der Waals surface area contributed by atoms with Crippen LogP contribution in [0.15, 0.2) is 18.2 Å². The highest BCUT2D eigenvalue weighted by atomic mass is 16.6. The second-order valence-corrected chi connectivity index (χ2v) is 7.72. The summed E-state index contributed by atoms with van der Waals surface area (Å²) < 4.78 is 5.41. The number of rotatable bonds is 1. The molecular weight excluding hydrogens is 318 g/mol. The highest BCUT2D eigenvalue weighted by Crippen LogP contribution is 2.19. The molecule has 1 saturated heterocycles. The van der Waals surface area contributed by atoms with Gasteiger partial charge in [0.25, 0.3) is 0 Å². The van der Waals surface area contributed by atoms with Gasteiger partial charge in [0.1, 0.15) is 5.60 Å². The van der Waals surface area contributed by atoms with Crippen LogP contribution < -0.4 is 5.32 Å². The first-order valence-electron chi connectivity index (χ1n) is 8.69. The molecule has 1 aliphatic rings. The van der Waals surface area contributed by atoms with Gasteiger partial charge in [0.05, 0.1) is 0 Å². The van der Waals surface area contributed by atoms with Crippen LogP contribution in [0.5, 0.6) is 0 Å². The van der Waals surface area contributed by atoms with Crippen molar-refractivity contribution in [1.29, 1.82) is 0 Å². The number of benzene rings is 1. The van der Waals surface area contributed by atoms with Crippen molar-refractivity contribution in [3.8, 4) is 0 Å². The Hall–Kier alpha value is -2.24. The first-order chi connectivity index (χ1) is 11.6. The summed E-state index contributed by atoms with van der Waals surface area (Å²) in [6.45, 7) is 12.9. The maximum atomic E-state index is 12.6. The van der Waals surface area contributed by atoms with Crippen molar-refractivity contribution >= 4 is 17.8 Å². The predicted molar refractivity (Wildman–Crippen MR) is 98.9 cm³/mol. The van der Waals surface area contributed by atoms with Gasteiger partial charge in [-0.25, -0.2) is 9.59 Å². The van der Waals surface area contributed by atoms with Gasteiger partial charge in [-0.3, -0.25) is 0 Å². The van der Waals surface area contributed by atoms with Crippen molar-refractivity contribution in [2.45, 2.75) is 53.2 Å². The quantitative estimate of drug-likeness (QED) is 0.841. The summed E-state index contributed by atoms with van der Waals surface area (Å²) in [5.41, 5.74) is 2.44. The smallest absolute Gasteiger partial charge is 0.410 e. The zero-order valence-corrected chi connectivity index (χ0v) is 16.0. The van der Waals surface area contributed by atoms with Gasteiger partial charge in [-0.1, -0.05) is 12.1 Å². The van der Waals surface area contributed by atoms with E-state index in [-0.39, 0.29) is 18.2 Å². The van der Waals surface area contributed by atoms with Crippen molar-refractivity contribution < 1.29 is 14.3 Å². The molecule has 1 aliphatic heterocycles. The van der Waals surface area contributed by atoms with E-state index in [1.54, 1.807) is 9.80 Å². The van der Waals surface area contributed by atoms with Crippen LogP contribution in [-0.2, 0) is 4.74 Å². The van der Waals surface area contributed by atoms with Crippen LogP contribution in [0.2, 0.25) is 0 Å². The average molecular weight is 347 g/mol. The monoisotopic (exact) mass is 347 g/mol. The molecule has 1 N–H and O–H groups in total. The minimum absolute atomic E-state index is 0.0774. The van der Waals surface area contributed by atoms with Gasteiger partial charge in [-0.05, 0) is 58.7 Å². The molecule has 2 rings (SSSR count). The molecule has 0 aliphatic carbocycles. The lowest BCUT2D eigenvalue weighted by atomic mass is 10.1. The number of urea groups is 1. The standard InChI is InChI=1S/C19H29N3O3/c1-13-7-8-14(2)16(11-13)20-17(23)22-10-9-21(12-15(22)3)18(24)25-19(4,5)6/h7-8,11,15H,9-10,12H2,1-6H3,(H,20,23)/t15-/m0/s1. The van der Waals surface area contributed by atoms with E-state index >= 15 is 0 Å². The molecule has 0 saturated carbocycles. The molecule has 1 fully saturated rings. The minimum Gasteiger partial charge on any atom is -0.444 e. The van der Waals surface area contributed by atoms with E-state index in [0.717, 1.165) is 16.8 Å². The van der Waals surface area contributed by atoms with Gasteiger partial charge in [0, 0.05) is 31.4 Å². The molecule has 1 aromatic carbocycles. The third kappa shape index (κ3) is 5.11. The predicted octanol–water partition coefficient (Wildman–Crippen LogP) is 3.78. The summed E-state index contributed by atoms with van der Waals surface area (Å²) in [6, 6.07) is 5.77. The molecule has 0 unspecified atom stereocenters. The fourth-order valence-corrected chi connectivity index (χ4v) is 2.81. The van der Waals surface area contributed by atoms with E-state index in [0.29, 0.717) is 19.6 Å². The molecule has 1 heterocycles. The van der Waals surface area contributed by atoms with Gasteiger partial charge in [-0.2, -0.15) is 0 Å². The molecule has 138 valence electrons. The largest absolute Gasteiger partial charge is 0.444 e. The molecule has 6 nitrogen and oxygen atoms in total. The number of piperazine rings is 1. The van der Waals surface area contributed by atoms with E-state index in [4.69, 9.17) is 4.74 Å². The van der Waals surface area contributed by atoms with E-state index in [1.807, 2.05) is 59.7 Å². The normalized spacial score (nSPS) is 18.1. The number of nitrogens with zero attached hydrogens (tertiary/aromatic N) is 2. The van der Waals surface area contributed by atoms with Gasteiger partial charge in [0.2, 0.25) is 0 Å². The summed E-state index contributed by atoms with van der Waals surface area (Å²) in [4.78, 5) is 28.3. The molecule has 1 aromatic rings. The van der Waals surface area contributed by atoms with E-state index in [9.17, 15) is 9.59 Å². The first-order valence-corrected chi connectivity index (χ1v) is 8.69. The van der Waals surface area contributed by atoms with Crippen molar-refractivity contribution in [3.05, 3.63) is 29.3 Å². The number of ether oxygens (including phenoxy) is 1. The summed E-state index contributed by atoms with van der Waals surface area (Å²) >= 11 is 0. The Kier molecular flexibility index (Phi) is 5.60. The molecule has 6 heteroatoms. The summed E-state index contributed by atoms with van der Waals surface area (Å²) in [6.07, 6.45) is -0.325. The fourth-order valence-electron chi connectivity index (χ4n) is 2.81. The molecule has 0 radical (unpaired) electrons. The van der Waals surface area contributed by atoms with Crippen LogP contribution in [-0.4, -0.2) is 53.2 Å². The van der Waals surface area contributed by atoms with Gasteiger partial charge in [-0.15, -0.1) is 0 Å². The molecule has 0 aromatic heterocycles. The summed E-state index contributed by atoms with van der Waals surface area (Å²) in [7, 11) is 0. The number of carbonyl (C=O) groups is 2. The summed E-state index contributed by atoms with van der Waals surface area (Å²) in [5.74, 6) is 0. The van der Waals surface area contributed by atoms with Crippen LogP contribution >= 0.6 is 0 Å². The lowest BCUT2D eigenvalue weighted by Gasteiger charge is -2.40. The van der Waals surface area contributed by atoms with Crippen molar-refractivity contribution in [1.82, 2.24) is 9.80 Å². The van der Waals surface area contributed by atoms with Crippen LogP contribution in [0, 0.1) is 13.8 Å². The highest BCUT2D eigenvalue weighted by Gasteiger charge is 2.32. The molecule has 3 amide bonds. The fraction of sp³-hybridized carbons (Fsp3) is 0.579. The van der Waals surface area contributed by atoms with E-state index in [1.165, 1.54) is 0 Å². The number of carbonyl (C=O) groups excluding carboxylic acids is 2. The number of hydrogen-bond donors (Lipinski definition) is 1. The van der Waals surface area contributed by atoms with Gasteiger partial charge < -0.3 is 19.9 Å². The number of hydrogen-bond acceptors (Lipinski definition) is 3. The Morgan fingerprint density at radius 1 is 1.20 bits per heavy atom. The average Bonchev–Trinajstić information content (AvgIpc) is 2.49. The van der Waals surface area contributed by atoms with Crippen LogP contribution in [0.3, 0.4) is 0 Å². The minimum atomic E-state index is -0.516. The molecule has 0 spiro atoms. The maximum absolute atomic E-state index is 12.6. The Bertz CT molecular complexity index is 652. The number of nitrogens with one attached hydrogen (secondary N) is 1. The van der Waals surface area contributed by atoms with Crippen molar-refractivity contribution in [3.63, 3.8) is 0 Å². The van der Waals surface area contributed by atoms with Gasteiger partial charge in [0.15, 0.2) is 0 Å². The highest BCUT2D eigenvalue weighted by molar-refractivity contribution is 5.90. The molecular formula is C19H29N3O3. The molecule has 0 bridgehead atoms. The lowest BCUT2D eigenvalue weighted by molar-refractivity contribution is 0.0112. The Balaban J connectivity index is 1.97. The Labute approximate surface area is 150 Å². The maximum Gasteiger partial charge on any atom is 0.410 e. The number of amides is 3. The summed E-state index contributed by atoms with van der Waals surface area (Å²) in [5, 5.41) is 2.99. The zero-order valence-electron chi connectivity index (χ0n) is 16.0. The topological polar surface area (TPSA) is 61.9 Å². The number of anilines is 1. The van der Waals surface area contributed by atoms with E-state index < -0.39 is 5.60 Å². The van der Waals surface area contributed by atoms with Gasteiger partial charge >= 0.3 is 12.1 Å². The second-order valence-electron chi connectivity index (χ2n) is 7.72. The Morgan fingerprint density at radius 2 is 1.88 bits per heavy atom. The molecule has 1 atom stereocenters. The third-order valence-corrected chi connectivity index (χ3v) is 4.17. The van der Waals surface area contributed by atoms with Crippen molar-refractivity contribution in [2.24, 2.45) is 0 Å². The third-order valence-electron chi connectivity index (χ3n) is 4.17. The van der Waals surface area contributed by atoms with Crippen LogP contribution in [0.1, 0.15) is 38.8 Å². The first kappa shape index (κ1) is 19.1. The molecule has 25 heavy (non-hydrogen) atoms. The van der Waals surface area contributed by atoms with E-state index in [2.05, 4.69) is 5.32 Å². The zero-order chi connectivity index (χ0) is 18.8. The second kappa shape index (κ2) is 7.33. The SMILES string of the molecule is Cc1ccc(C)c(NC(=O)N2CCN(C(=O)OC(C)(C)C)C[C@@H]2C)c1. The lowest BCUT2D eigenvalue weighted by Crippen LogP contribution is -2.57.